The van der Waals surface area contributed by atoms with Gasteiger partial charge in [0.1, 0.15) is 11.6 Å². The number of aliphatic imine (C=N–C) groups is 1. The Hall–Kier alpha value is -3.21. The van der Waals surface area contributed by atoms with Crippen molar-refractivity contribution in [1.82, 2.24) is 14.9 Å². The lowest BCUT2D eigenvalue weighted by molar-refractivity contribution is 0.462. The van der Waals surface area contributed by atoms with E-state index in [1.54, 1.807) is 12.3 Å². The first-order chi connectivity index (χ1) is 12.3. The van der Waals surface area contributed by atoms with Gasteiger partial charge < -0.3 is 9.64 Å². The van der Waals surface area contributed by atoms with Crippen LogP contribution in [0.15, 0.2) is 71.9 Å². The van der Waals surface area contributed by atoms with Crippen molar-refractivity contribution in [3.8, 4) is 23.0 Å². The minimum atomic E-state index is 0.521. The van der Waals surface area contributed by atoms with E-state index >= 15 is 0 Å². The van der Waals surface area contributed by atoms with Gasteiger partial charge in [-0.05, 0) is 12.1 Å². The fourth-order valence-electron chi connectivity index (χ4n) is 2.79. The molecule has 0 fully saturated rings. The van der Waals surface area contributed by atoms with Crippen LogP contribution >= 0.6 is 0 Å². The van der Waals surface area contributed by atoms with Gasteiger partial charge in [-0.2, -0.15) is 4.98 Å². The molecule has 124 valence electrons. The second kappa shape index (κ2) is 6.73. The summed E-state index contributed by atoms with van der Waals surface area (Å²) in [5.74, 6) is 2.90. The molecule has 0 bridgehead atoms. The largest absolute Gasteiger partial charge is 0.439 e. The van der Waals surface area contributed by atoms with E-state index in [1.807, 2.05) is 54.6 Å². The number of amidine groups is 1. The second-order valence-electron chi connectivity index (χ2n) is 5.84. The topological polar surface area (TPSA) is 50.6 Å². The molecule has 1 aromatic heterocycles. The lowest BCUT2D eigenvalue weighted by Gasteiger charge is -2.14. The summed E-state index contributed by atoms with van der Waals surface area (Å²) in [6, 6.07) is 19.6. The summed E-state index contributed by atoms with van der Waals surface area (Å²) in [6.45, 7) is 1.79. The molecule has 0 N–H and O–H groups in total. The molecule has 2 aromatic carbocycles. The number of rotatable bonds is 4. The SMILES string of the molecule is CN1CCN=C1c1cccc(Oc2ccnc(-c3ccccc3)n2)c1. The maximum absolute atomic E-state index is 5.95. The van der Waals surface area contributed by atoms with E-state index in [-0.39, 0.29) is 0 Å². The molecule has 0 saturated heterocycles. The van der Waals surface area contributed by atoms with Gasteiger partial charge in [-0.1, -0.05) is 42.5 Å². The normalized spacial score (nSPS) is 13.6. The molecule has 0 atom stereocenters. The highest BCUT2D eigenvalue weighted by Crippen LogP contribution is 2.24. The third-order valence-corrected chi connectivity index (χ3v) is 4.04. The van der Waals surface area contributed by atoms with Gasteiger partial charge in [0.25, 0.3) is 0 Å². The van der Waals surface area contributed by atoms with Crippen molar-refractivity contribution in [3.05, 3.63) is 72.4 Å². The average molecular weight is 330 g/mol. The molecule has 0 amide bonds. The van der Waals surface area contributed by atoms with Crippen molar-refractivity contribution in [2.45, 2.75) is 0 Å². The van der Waals surface area contributed by atoms with Crippen LogP contribution in [0.25, 0.3) is 11.4 Å². The summed E-state index contributed by atoms with van der Waals surface area (Å²) in [6.07, 6.45) is 1.71. The average Bonchev–Trinajstić information content (AvgIpc) is 3.09. The molecule has 3 aromatic rings. The number of ether oxygens (including phenoxy) is 1. The molecule has 1 aliphatic rings. The molecule has 0 spiro atoms. The number of nitrogens with zero attached hydrogens (tertiary/aromatic N) is 4. The molecule has 5 nitrogen and oxygen atoms in total. The van der Waals surface area contributed by atoms with Crippen LogP contribution in [0.1, 0.15) is 5.56 Å². The molecule has 25 heavy (non-hydrogen) atoms. The Morgan fingerprint density at radius 2 is 1.80 bits per heavy atom. The van der Waals surface area contributed by atoms with E-state index in [4.69, 9.17) is 4.74 Å². The van der Waals surface area contributed by atoms with Crippen LogP contribution in [0.2, 0.25) is 0 Å². The maximum Gasteiger partial charge on any atom is 0.222 e. The second-order valence-corrected chi connectivity index (χ2v) is 5.84. The van der Waals surface area contributed by atoms with Crippen LogP contribution < -0.4 is 4.74 Å². The standard InChI is InChI=1S/C20H18N4O/c1-24-13-12-22-20(24)16-8-5-9-17(14-16)25-18-10-11-21-19(23-18)15-6-3-2-4-7-15/h2-11,14H,12-13H2,1H3. The predicted octanol–water partition coefficient (Wildman–Crippen LogP) is 3.63. The van der Waals surface area contributed by atoms with Crippen LogP contribution in [-0.4, -0.2) is 40.8 Å². The summed E-state index contributed by atoms with van der Waals surface area (Å²) >= 11 is 0. The first-order valence-corrected chi connectivity index (χ1v) is 8.22. The highest BCUT2D eigenvalue weighted by molar-refractivity contribution is 5.99. The summed E-state index contributed by atoms with van der Waals surface area (Å²) < 4.78 is 5.95. The Morgan fingerprint density at radius 3 is 2.60 bits per heavy atom. The maximum atomic E-state index is 5.95. The van der Waals surface area contributed by atoms with Gasteiger partial charge in [-0.3, -0.25) is 4.99 Å². The Labute approximate surface area is 146 Å². The highest BCUT2D eigenvalue weighted by Gasteiger charge is 2.15. The summed E-state index contributed by atoms with van der Waals surface area (Å²) in [7, 11) is 2.05. The molecule has 5 heteroatoms. The first kappa shape index (κ1) is 15.3. The van der Waals surface area contributed by atoms with Crippen LogP contribution in [0, 0.1) is 0 Å². The molecular weight excluding hydrogens is 312 g/mol. The van der Waals surface area contributed by atoms with Crippen molar-refractivity contribution in [2.75, 3.05) is 20.1 Å². The number of benzene rings is 2. The zero-order valence-corrected chi connectivity index (χ0v) is 14.0. The molecule has 2 heterocycles. The first-order valence-electron chi connectivity index (χ1n) is 8.22. The monoisotopic (exact) mass is 330 g/mol. The smallest absolute Gasteiger partial charge is 0.222 e. The lowest BCUT2D eigenvalue weighted by Crippen LogP contribution is -2.23. The van der Waals surface area contributed by atoms with Crippen LogP contribution in [0.4, 0.5) is 0 Å². The molecule has 0 aliphatic carbocycles. The Balaban J connectivity index is 1.59. The van der Waals surface area contributed by atoms with Gasteiger partial charge in [-0.25, -0.2) is 4.98 Å². The molecule has 1 aliphatic heterocycles. The minimum absolute atomic E-state index is 0.521. The fourth-order valence-corrected chi connectivity index (χ4v) is 2.79. The zero-order valence-electron chi connectivity index (χ0n) is 14.0. The third-order valence-electron chi connectivity index (χ3n) is 4.04. The van der Waals surface area contributed by atoms with Crippen LogP contribution in [0.3, 0.4) is 0 Å². The minimum Gasteiger partial charge on any atom is -0.439 e. The Bertz CT molecular complexity index is 908. The quantitative estimate of drug-likeness (QED) is 0.733. The summed E-state index contributed by atoms with van der Waals surface area (Å²) in [4.78, 5) is 15.5. The molecular formula is C20H18N4O. The molecule has 0 saturated carbocycles. The van der Waals surface area contributed by atoms with E-state index < -0.39 is 0 Å². The van der Waals surface area contributed by atoms with Crippen LogP contribution in [0.5, 0.6) is 11.6 Å². The molecule has 4 rings (SSSR count). The van der Waals surface area contributed by atoms with Crippen LogP contribution in [-0.2, 0) is 0 Å². The Kier molecular flexibility index (Phi) is 4.12. The van der Waals surface area contributed by atoms with Crippen molar-refractivity contribution in [1.29, 1.82) is 0 Å². The van der Waals surface area contributed by atoms with Crippen molar-refractivity contribution in [3.63, 3.8) is 0 Å². The van der Waals surface area contributed by atoms with E-state index in [0.717, 1.165) is 35.8 Å². The molecule has 0 radical (unpaired) electrons. The lowest BCUT2D eigenvalue weighted by atomic mass is 10.2. The van der Waals surface area contributed by atoms with Crippen molar-refractivity contribution in [2.24, 2.45) is 4.99 Å². The van der Waals surface area contributed by atoms with E-state index in [9.17, 15) is 0 Å². The third kappa shape index (κ3) is 3.35. The van der Waals surface area contributed by atoms with Gasteiger partial charge in [0.05, 0.1) is 6.54 Å². The van der Waals surface area contributed by atoms with Gasteiger partial charge in [0.2, 0.25) is 5.88 Å². The number of hydrogen-bond donors (Lipinski definition) is 0. The highest BCUT2D eigenvalue weighted by atomic mass is 16.5. The van der Waals surface area contributed by atoms with E-state index in [2.05, 4.69) is 26.9 Å². The predicted molar refractivity (Wildman–Crippen MR) is 98.0 cm³/mol. The summed E-state index contributed by atoms with van der Waals surface area (Å²) in [5, 5.41) is 0. The molecule has 0 unspecified atom stereocenters. The van der Waals surface area contributed by atoms with Crippen molar-refractivity contribution >= 4 is 5.84 Å². The van der Waals surface area contributed by atoms with E-state index in [1.165, 1.54) is 0 Å². The number of aromatic nitrogens is 2. The van der Waals surface area contributed by atoms with Crippen molar-refractivity contribution < 1.29 is 4.74 Å². The Morgan fingerprint density at radius 1 is 0.960 bits per heavy atom. The van der Waals surface area contributed by atoms with E-state index in [0.29, 0.717) is 11.7 Å². The zero-order chi connectivity index (χ0) is 17.1. The number of hydrogen-bond acceptors (Lipinski definition) is 5. The van der Waals surface area contributed by atoms with Gasteiger partial charge in [-0.15, -0.1) is 0 Å². The van der Waals surface area contributed by atoms with Gasteiger partial charge >= 0.3 is 0 Å². The van der Waals surface area contributed by atoms with Gasteiger partial charge in [0, 0.05) is 37.0 Å². The van der Waals surface area contributed by atoms with Gasteiger partial charge in [0.15, 0.2) is 5.82 Å². The summed E-state index contributed by atoms with van der Waals surface area (Å²) in [5.41, 5.74) is 2.01. The fraction of sp³-hybridized carbons (Fsp3) is 0.150. The number of likely N-dealkylation sites (N-methyl/N-ethyl adjacent to an activating group) is 1.